The van der Waals surface area contributed by atoms with Gasteiger partial charge in [0.05, 0.1) is 0 Å². The predicted octanol–water partition coefficient (Wildman–Crippen LogP) is 4.70. The minimum atomic E-state index is -0.455. The minimum Gasteiger partial charge on any atom is -0.444 e. The summed E-state index contributed by atoms with van der Waals surface area (Å²) < 4.78 is 5.46. The van der Waals surface area contributed by atoms with Crippen molar-refractivity contribution < 1.29 is 9.53 Å². The van der Waals surface area contributed by atoms with Crippen LogP contribution in [0.25, 0.3) is 0 Å². The molecule has 0 saturated carbocycles. The number of nitrogens with zero attached hydrogens (tertiary/aromatic N) is 3. The van der Waals surface area contributed by atoms with Crippen LogP contribution in [0.4, 0.5) is 15.7 Å². The lowest BCUT2D eigenvalue weighted by molar-refractivity contribution is 0.0204. The molecular formula is C19H26N4O2S. The summed E-state index contributed by atoms with van der Waals surface area (Å²) in [5.41, 5.74) is 0.607. The number of nitrogens with one attached hydrogen (secondary N) is 1. The van der Waals surface area contributed by atoms with E-state index in [9.17, 15) is 4.79 Å². The zero-order chi connectivity index (χ0) is 18.7. The molecule has 0 atom stereocenters. The number of anilines is 2. The third kappa shape index (κ3) is 4.94. The standard InChI is InChI=1S/C19H26N4O2S/c1-13-12-20-17(26-13)22-16-7-5-6-15(21-16)14-8-10-23(11-9-14)18(24)25-19(2,3)4/h5-7,12,14H,8-11H2,1-4H3,(H,20,21,22). The largest absolute Gasteiger partial charge is 0.444 e. The van der Waals surface area contributed by atoms with Crippen LogP contribution in [0.3, 0.4) is 0 Å². The van der Waals surface area contributed by atoms with Gasteiger partial charge in [0.25, 0.3) is 0 Å². The lowest BCUT2D eigenvalue weighted by Crippen LogP contribution is -2.41. The summed E-state index contributed by atoms with van der Waals surface area (Å²) in [5, 5.41) is 4.12. The average molecular weight is 375 g/mol. The molecule has 1 N–H and O–H groups in total. The van der Waals surface area contributed by atoms with Gasteiger partial charge in [0.1, 0.15) is 11.4 Å². The number of piperidine rings is 1. The molecule has 7 heteroatoms. The van der Waals surface area contributed by atoms with E-state index in [2.05, 4.69) is 16.4 Å². The van der Waals surface area contributed by atoms with Crippen molar-refractivity contribution in [2.45, 2.75) is 52.1 Å². The molecule has 1 saturated heterocycles. The maximum atomic E-state index is 12.2. The number of hydrogen-bond acceptors (Lipinski definition) is 6. The van der Waals surface area contributed by atoms with E-state index < -0.39 is 5.60 Å². The molecule has 3 rings (SSSR count). The number of aromatic nitrogens is 2. The molecule has 1 fully saturated rings. The number of pyridine rings is 1. The molecule has 140 valence electrons. The van der Waals surface area contributed by atoms with Crippen LogP contribution in [0.5, 0.6) is 0 Å². The SMILES string of the molecule is Cc1cnc(Nc2cccc(C3CCN(C(=O)OC(C)(C)C)CC3)n2)s1. The first-order chi connectivity index (χ1) is 12.3. The molecule has 2 aromatic heterocycles. The Hall–Kier alpha value is -2.15. The van der Waals surface area contributed by atoms with Gasteiger partial charge in [-0.05, 0) is 52.7 Å². The van der Waals surface area contributed by atoms with Crippen molar-refractivity contribution in [3.63, 3.8) is 0 Å². The number of ether oxygens (including phenoxy) is 1. The summed E-state index contributed by atoms with van der Waals surface area (Å²) >= 11 is 1.61. The monoisotopic (exact) mass is 374 g/mol. The number of rotatable bonds is 3. The van der Waals surface area contributed by atoms with Crippen molar-refractivity contribution in [3.8, 4) is 0 Å². The molecule has 1 amide bonds. The van der Waals surface area contributed by atoms with Crippen LogP contribution in [0.15, 0.2) is 24.4 Å². The van der Waals surface area contributed by atoms with Gasteiger partial charge in [-0.25, -0.2) is 14.8 Å². The second-order valence-corrected chi connectivity index (χ2v) is 8.83. The lowest BCUT2D eigenvalue weighted by atomic mass is 9.93. The molecule has 0 spiro atoms. The number of hydrogen-bond donors (Lipinski definition) is 1. The number of carbonyl (C=O) groups excluding carboxylic acids is 1. The Morgan fingerprint density at radius 1 is 1.31 bits per heavy atom. The zero-order valence-electron chi connectivity index (χ0n) is 15.8. The van der Waals surface area contributed by atoms with Crippen LogP contribution in [0.1, 0.15) is 50.1 Å². The van der Waals surface area contributed by atoms with Gasteiger partial charge in [-0.3, -0.25) is 0 Å². The van der Waals surface area contributed by atoms with Gasteiger partial charge >= 0.3 is 6.09 Å². The predicted molar refractivity (Wildman–Crippen MR) is 104 cm³/mol. The second-order valence-electron chi connectivity index (χ2n) is 7.59. The third-order valence-electron chi connectivity index (χ3n) is 4.19. The summed E-state index contributed by atoms with van der Waals surface area (Å²) in [6.07, 6.45) is 3.42. The van der Waals surface area contributed by atoms with E-state index >= 15 is 0 Å². The fourth-order valence-electron chi connectivity index (χ4n) is 2.95. The van der Waals surface area contributed by atoms with Gasteiger partial charge in [-0.2, -0.15) is 0 Å². The normalized spacial score (nSPS) is 15.8. The quantitative estimate of drug-likeness (QED) is 0.843. The minimum absolute atomic E-state index is 0.224. The van der Waals surface area contributed by atoms with E-state index in [0.29, 0.717) is 19.0 Å². The number of likely N-dealkylation sites (tertiary alicyclic amines) is 1. The van der Waals surface area contributed by atoms with Gasteiger partial charge in [0.15, 0.2) is 5.13 Å². The summed E-state index contributed by atoms with van der Waals surface area (Å²) in [6.45, 7) is 9.11. The van der Waals surface area contributed by atoms with E-state index in [1.54, 1.807) is 16.2 Å². The van der Waals surface area contributed by atoms with Crippen molar-refractivity contribution >= 4 is 28.4 Å². The highest BCUT2D eigenvalue weighted by Gasteiger charge is 2.28. The Morgan fingerprint density at radius 2 is 2.04 bits per heavy atom. The van der Waals surface area contributed by atoms with Crippen molar-refractivity contribution in [2.75, 3.05) is 18.4 Å². The Kier molecular flexibility index (Phi) is 5.46. The lowest BCUT2D eigenvalue weighted by Gasteiger charge is -2.33. The van der Waals surface area contributed by atoms with Crippen LogP contribution in [0, 0.1) is 6.92 Å². The van der Waals surface area contributed by atoms with Gasteiger partial charge in [0.2, 0.25) is 0 Å². The third-order valence-corrected chi connectivity index (χ3v) is 5.02. The van der Waals surface area contributed by atoms with Crippen LogP contribution >= 0.6 is 11.3 Å². The summed E-state index contributed by atoms with van der Waals surface area (Å²) in [4.78, 5) is 24.2. The van der Waals surface area contributed by atoms with Crippen molar-refractivity contribution in [1.82, 2.24) is 14.9 Å². The second kappa shape index (κ2) is 7.61. The molecule has 0 aliphatic carbocycles. The van der Waals surface area contributed by atoms with Crippen LogP contribution in [0.2, 0.25) is 0 Å². The van der Waals surface area contributed by atoms with E-state index in [-0.39, 0.29) is 6.09 Å². The fraction of sp³-hybridized carbons (Fsp3) is 0.526. The smallest absolute Gasteiger partial charge is 0.410 e. The Morgan fingerprint density at radius 3 is 2.65 bits per heavy atom. The molecule has 6 nitrogen and oxygen atoms in total. The molecule has 26 heavy (non-hydrogen) atoms. The molecular weight excluding hydrogens is 348 g/mol. The summed E-state index contributed by atoms with van der Waals surface area (Å²) in [5.74, 6) is 1.17. The first-order valence-corrected chi connectivity index (χ1v) is 9.76. The number of aryl methyl sites for hydroxylation is 1. The zero-order valence-corrected chi connectivity index (χ0v) is 16.6. The number of amides is 1. The molecule has 0 unspecified atom stereocenters. The van der Waals surface area contributed by atoms with Gasteiger partial charge < -0.3 is 15.0 Å². The summed E-state index contributed by atoms with van der Waals surface area (Å²) in [6, 6.07) is 6.04. The molecule has 2 aromatic rings. The maximum Gasteiger partial charge on any atom is 0.410 e. The van der Waals surface area contributed by atoms with Crippen LogP contribution in [-0.4, -0.2) is 39.7 Å². The Balaban J connectivity index is 1.59. The molecule has 3 heterocycles. The molecule has 1 aliphatic rings. The summed E-state index contributed by atoms with van der Waals surface area (Å²) in [7, 11) is 0. The highest BCUT2D eigenvalue weighted by Crippen LogP contribution is 2.29. The van der Waals surface area contributed by atoms with Gasteiger partial charge in [-0.15, -0.1) is 11.3 Å². The maximum absolute atomic E-state index is 12.2. The topological polar surface area (TPSA) is 67.4 Å². The fourth-order valence-corrected chi connectivity index (χ4v) is 3.63. The van der Waals surface area contributed by atoms with E-state index in [1.165, 1.54) is 0 Å². The van der Waals surface area contributed by atoms with Crippen molar-refractivity contribution in [1.29, 1.82) is 0 Å². The molecule has 0 bridgehead atoms. The van der Waals surface area contributed by atoms with E-state index in [1.807, 2.05) is 46.0 Å². The Labute approximate surface area is 158 Å². The molecule has 1 aliphatic heterocycles. The highest BCUT2D eigenvalue weighted by molar-refractivity contribution is 7.15. The van der Waals surface area contributed by atoms with E-state index in [0.717, 1.165) is 34.4 Å². The molecule has 0 aromatic carbocycles. The van der Waals surface area contributed by atoms with Gasteiger partial charge in [0, 0.05) is 35.8 Å². The van der Waals surface area contributed by atoms with Crippen molar-refractivity contribution in [2.24, 2.45) is 0 Å². The van der Waals surface area contributed by atoms with Gasteiger partial charge in [-0.1, -0.05) is 6.07 Å². The average Bonchev–Trinajstić information content (AvgIpc) is 2.98. The first-order valence-electron chi connectivity index (χ1n) is 8.94. The Bertz CT molecular complexity index is 761. The van der Waals surface area contributed by atoms with Crippen molar-refractivity contribution in [3.05, 3.63) is 35.0 Å². The molecule has 0 radical (unpaired) electrons. The first kappa shape index (κ1) is 18.6. The van der Waals surface area contributed by atoms with Crippen LogP contribution < -0.4 is 5.32 Å². The highest BCUT2D eigenvalue weighted by atomic mass is 32.1. The van der Waals surface area contributed by atoms with Crippen LogP contribution in [-0.2, 0) is 4.74 Å². The van der Waals surface area contributed by atoms with E-state index in [4.69, 9.17) is 9.72 Å². The number of carbonyl (C=O) groups is 1. The number of thiazole rings is 1.